The zero-order chi connectivity index (χ0) is 11.4. The molecule has 0 aromatic rings. The third-order valence-electron chi connectivity index (χ3n) is 1.60. The first kappa shape index (κ1) is 12.9. The van der Waals surface area contributed by atoms with Crippen molar-refractivity contribution < 1.29 is 14.3 Å². The molecule has 3 heteroatoms. The Hall–Kier alpha value is -1.12. The summed E-state index contributed by atoms with van der Waals surface area (Å²) in [4.78, 5) is 21.9. The van der Waals surface area contributed by atoms with Gasteiger partial charge in [-0.05, 0) is 27.7 Å². The van der Waals surface area contributed by atoms with Crippen LogP contribution in [0.25, 0.3) is 0 Å². The van der Waals surface area contributed by atoms with E-state index in [1.807, 2.05) is 0 Å². The van der Waals surface area contributed by atoms with E-state index in [1.54, 1.807) is 27.7 Å². The number of aldehydes is 1. The summed E-state index contributed by atoms with van der Waals surface area (Å²) in [5, 5.41) is 0. The van der Waals surface area contributed by atoms with Crippen LogP contribution in [0.15, 0.2) is 12.2 Å². The van der Waals surface area contributed by atoms with Gasteiger partial charge in [0.15, 0.2) is 0 Å². The largest absolute Gasteiger partial charge is 0.460 e. The van der Waals surface area contributed by atoms with Crippen LogP contribution < -0.4 is 0 Å². The Bertz CT molecular complexity index is 235. The smallest absolute Gasteiger partial charge is 0.307 e. The monoisotopic (exact) mass is 198 g/mol. The SMILES string of the molecule is C=C(C)C(C=O)CC(=O)OC(C)(C)C. The predicted molar refractivity (Wildman–Crippen MR) is 54.8 cm³/mol. The fourth-order valence-corrected chi connectivity index (χ4v) is 0.901. The van der Waals surface area contributed by atoms with Crippen LogP contribution in [0.5, 0.6) is 0 Å². The highest BCUT2D eigenvalue weighted by Crippen LogP contribution is 2.14. The van der Waals surface area contributed by atoms with Gasteiger partial charge in [-0.15, -0.1) is 0 Å². The summed E-state index contributed by atoms with van der Waals surface area (Å²) in [6.45, 7) is 10.7. The van der Waals surface area contributed by atoms with Crippen LogP contribution >= 0.6 is 0 Å². The number of hydrogen-bond donors (Lipinski definition) is 0. The summed E-state index contributed by atoms with van der Waals surface area (Å²) in [6, 6.07) is 0. The third-order valence-corrected chi connectivity index (χ3v) is 1.60. The van der Waals surface area contributed by atoms with Crippen LogP contribution in [-0.4, -0.2) is 17.9 Å². The van der Waals surface area contributed by atoms with Crippen molar-refractivity contribution in [1.29, 1.82) is 0 Å². The maximum Gasteiger partial charge on any atom is 0.307 e. The standard InChI is InChI=1S/C11H18O3/c1-8(2)9(7-12)6-10(13)14-11(3,4)5/h7,9H,1,6H2,2-5H3. The van der Waals surface area contributed by atoms with E-state index in [0.29, 0.717) is 5.57 Å². The van der Waals surface area contributed by atoms with Gasteiger partial charge >= 0.3 is 5.97 Å². The minimum atomic E-state index is -0.500. The average Bonchev–Trinajstić information content (AvgIpc) is 1.96. The van der Waals surface area contributed by atoms with Crippen LogP contribution in [0.2, 0.25) is 0 Å². The molecule has 0 N–H and O–H groups in total. The van der Waals surface area contributed by atoms with Gasteiger partial charge in [0.1, 0.15) is 11.9 Å². The van der Waals surface area contributed by atoms with Crippen molar-refractivity contribution in [3.63, 3.8) is 0 Å². The van der Waals surface area contributed by atoms with Gasteiger partial charge in [-0.25, -0.2) is 0 Å². The predicted octanol–water partition coefficient (Wildman–Crippen LogP) is 2.11. The molecule has 0 aliphatic rings. The van der Waals surface area contributed by atoms with Crippen molar-refractivity contribution in [1.82, 2.24) is 0 Å². The molecule has 0 radical (unpaired) electrons. The summed E-state index contributed by atoms with van der Waals surface area (Å²) in [7, 11) is 0. The van der Waals surface area contributed by atoms with Gasteiger partial charge in [-0.1, -0.05) is 12.2 Å². The first-order valence-electron chi connectivity index (χ1n) is 4.59. The minimum Gasteiger partial charge on any atom is -0.460 e. The maximum absolute atomic E-state index is 11.3. The van der Waals surface area contributed by atoms with E-state index < -0.39 is 11.5 Å². The normalized spacial score (nSPS) is 13.1. The van der Waals surface area contributed by atoms with Crippen LogP contribution in [0.4, 0.5) is 0 Å². The van der Waals surface area contributed by atoms with Crippen LogP contribution in [0.3, 0.4) is 0 Å². The Morgan fingerprint density at radius 1 is 1.50 bits per heavy atom. The first-order chi connectivity index (χ1) is 6.26. The van der Waals surface area contributed by atoms with Crippen LogP contribution in [-0.2, 0) is 14.3 Å². The molecule has 1 atom stereocenters. The Morgan fingerprint density at radius 2 is 2.00 bits per heavy atom. The highest BCUT2D eigenvalue weighted by Gasteiger charge is 2.20. The molecule has 0 spiro atoms. The molecule has 0 aliphatic heterocycles. The lowest BCUT2D eigenvalue weighted by Crippen LogP contribution is -2.25. The number of allylic oxidation sites excluding steroid dienone is 1. The summed E-state index contributed by atoms with van der Waals surface area (Å²) in [6.07, 6.45) is 0.808. The molecule has 0 aromatic heterocycles. The van der Waals surface area contributed by atoms with E-state index in [1.165, 1.54) is 0 Å². The van der Waals surface area contributed by atoms with E-state index >= 15 is 0 Å². The molecule has 0 aromatic carbocycles. The zero-order valence-corrected chi connectivity index (χ0v) is 9.29. The Kier molecular flexibility index (Phi) is 4.54. The van der Waals surface area contributed by atoms with Crippen molar-refractivity contribution in [3.05, 3.63) is 12.2 Å². The number of ether oxygens (including phenoxy) is 1. The quantitative estimate of drug-likeness (QED) is 0.395. The summed E-state index contributed by atoms with van der Waals surface area (Å²) >= 11 is 0. The molecular weight excluding hydrogens is 180 g/mol. The second-order valence-electron chi connectivity index (χ2n) is 4.38. The number of rotatable bonds is 4. The topological polar surface area (TPSA) is 43.4 Å². The number of carbonyl (C=O) groups excluding carboxylic acids is 2. The van der Waals surface area contributed by atoms with E-state index in [-0.39, 0.29) is 12.4 Å². The van der Waals surface area contributed by atoms with E-state index in [4.69, 9.17) is 4.74 Å². The van der Waals surface area contributed by atoms with Crippen LogP contribution in [0, 0.1) is 5.92 Å². The molecule has 14 heavy (non-hydrogen) atoms. The number of carbonyl (C=O) groups is 2. The van der Waals surface area contributed by atoms with Gasteiger partial charge in [-0.2, -0.15) is 0 Å². The lowest BCUT2D eigenvalue weighted by Gasteiger charge is -2.20. The van der Waals surface area contributed by atoms with Gasteiger partial charge in [0, 0.05) is 5.92 Å². The lowest BCUT2D eigenvalue weighted by molar-refractivity contribution is -0.156. The minimum absolute atomic E-state index is 0.0795. The lowest BCUT2D eigenvalue weighted by atomic mass is 10.00. The van der Waals surface area contributed by atoms with E-state index in [2.05, 4.69) is 6.58 Å². The second-order valence-corrected chi connectivity index (χ2v) is 4.38. The van der Waals surface area contributed by atoms with Crippen LogP contribution in [0.1, 0.15) is 34.1 Å². The maximum atomic E-state index is 11.3. The Labute approximate surface area is 85.1 Å². The summed E-state index contributed by atoms with van der Waals surface area (Å²) < 4.78 is 5.08. The third kappa shape index (κ3) is 5.51. The molecular formula is C11H18O3. The van der Waals surface area contributed by atoms with Crippen molar-refractivity contribution in [2.75, 3.05) is 0 Å². The summed E-state index contributed by atoms with van der Waals surface area (Å²) in [5.41, 5.74) is 0.186. The Morgan fingerprint density at radius 3 is 2.29 bits per heavy atom. The molecule has 0 heterocycles. The van der Waals surface area contributed by atoms with Gasteiger partial charge in [-0.3, -0.25) is 4.79 Å². The highest BCUT2D eigenvalue weighted by molar-refractivity contribution is 5.75. The van der Waals surface area contributed by atoms with E-state index in [0.717, 1.165) is 6.29 Å². The summed E-state index contributed by atoms with van der Waals surface area (Å²) in [5.74, 6) is -0.789. The molecule has 1 unspecified atom stereocenters. The molecule has 3 nitrogen and oxygen atoms in total. The average molecular weight is 198 g/mol. The van der Waals surface area contributed by atoms with Crippen molar-refractivity contribution in [3.8, 4) is 0 Å². The zero-order valence-electron chi connectivity index (χ0n) is 9.29. The molecule has 0 amide bonds. The first-order valence-corrected chi connectivity index (χ1v) is 4.59. The molecule has 80 valence electrons. The number of hydrogen-bond acceptors (Lipinski definition) is 3. The van der Waals surface area contributed by atoms with Crippen molar-refractivity contribution in [2.24, 2.45) is 5.92 Å². The Balaban J connectivity index is 4.18. The molecule has 0 rings (SSSR count). The van der Waals surface area contributed by atoms with Gasteiger partial charge in [0.25, 0.3) is 0 Å². The van der Waals surface area contributed by atoms with Crippen molar-refractivity contribution >= 4 is 12.3 Å². The van der Waals surface area contributed by atoms with Crippen molar-refractivity contribution in [2.45, 2.75) is 39.7 Å². The van der Waals surface area contributed by atoms with Gasteiger partial charge in [0.2, 0.25) is 0 Å². The fourth-order valence-electron chi connectivity index (χ4n) is 0.901. The van der Waals surface area contributed by atoms with E-state index in [9.17, 15) is 9.59 Å². The molecule has 0 aliphatic carbocycles. The number of esters is 1. The molecule has 0 bridgehead atoms. The molecule has 0 saturated carbocycles. The molecule has 0 saturated heterocycles. The highest BCUT2D eigenvalue weighted by atomic mass is 16.6. The molecule has 0 fully saturated rings. The fraction of sp³-hybridized carbons (Fsp3) is 0.636. The van der Waals surface area contributed by atoms with Gasteiger partial charge < -0.3 is 9.53 Å². The second kappa shape index (κ2) is 4.94. The van der Waals surface area contributed by atoms with Gasteiger partial charge in [0.05, 0.1) is 6.42 Å².